The summed E-state index contributed by atoms with van der Waals surface area (Å²) in [6.45, 7) is 4.43. The molecule has 1 aliphatic heterocycles. The molecular formula is C22H22FN3O3S. The Balaban J connectivity index is 1.90. The highest BCUT2D eigenvalue weighted by molar-refractivity contribution is 7.92. The van der Waals surface area contributed by atoms with Crippen LogP contribution in [0.3, 0.4) is 0 Å². The average Bonchev–Trinajstić information content (AvgIpc) is 3.02. The van der Waals surface area contributed by atoms with Crippen molar-refractivity contribution in [2.75, 3.05) is 17.1 Å². The van der Waals surface area contributed by atoms with Crippen LogP contribution in [0, 0.1) is 12.7 Å². The third-order valence-electron chi connectivity index (χ3n) is 5.45. The molecule has 1 aliphatic rings. The molecule has 0 saturated carbocycles. The number of carbonyl (C=O) groups excluding carboxylic acids is 1. The largest absolute Gasteiger partial charge is 0.330 e. The number of hydrogen-bond acceptors (Lipinski definition) is 4. The summed E-state index contributed by atoms with van der Waals surface area (Å²) >= 11 is 0. The number of amides is 1. The molecule has 8 heteroatoms. The SMILES string of the molecule is CCN(c1c2c(c(C)c3ncccc13)C(=O)N(Cc1ccc(F)cc1)C2)S(C)(=O)=O. The zero-order chi connectivity index (χ0) is 21.6. The number of anilines is 1. The number of nitrogens with zero attached hydrogens (tertiary/aromatic N) is 3. The number of benzene rings is 2. The van der Waals surface area contributed by atoms with Gasteiger partial charge in [-0.05, 0) is 49.2 Å². The molecule has 1 aromatic heterocycles. The van der Waals surface area contributed by atoms with Crippen LogP contribution in [0.4, 0.5) is 10.1 Å². The molecule has 0 radical (unpaired) electrons. The van der Waals surface area contributed by atoms with Crippen LogP contribution in [0.2, 0.25) is 0 Å². The van der Waals surface area contributed by atoms with Crippen LogP contribution in [0.25, 0.3) is 10.9 Å². The summed E-state index contributed by atoms with van der Waals surface area (Å²) in [5.41, 5.74) is 3.85. The normalized spacial score (nSPS) is 13.7. The first kappa shape index (κ1) is 20.3. The van der Waals surface area contributed by atoms with Crippen molar-refractivity contribution in [1.29, 1.82) is 0 Å². The number of hydrogen-bond donors (Lipinski definition) is 0. The molecule has 0 N–H and O–H groups in total. The van der Waals surface area contributed by atoms with Gasteiger partial charge in [0.2, 0.25) is 10.0 Å². The Kier molecular flexibility index (Phi) is 4.97. The molecule has 0 spiro atoms. The highest BCUT2D eigenvalue weighted by atomic mass is 32.2. The molecule has 30 heavy (non-hydrogen) atoms. The summed E-state index contributed by atoms with van der Waals surface area (Å²) in [6.07, 6.45) is 2.80. The number of sulfonamides is 1. The quantitative estimate of drug-likeness (QED) is 0.624. The van der Waals surface area contributed by atoms with Crippen LogP contribution in [0.1, 0.15) is 34.0 Å². The molecule has 4 rings (SSSR count). The minimum Gasteiger partial charge on any atom is -0.330 e. The second kappa shape index (κ2) is 7.36. The summed E-state index contributed by atoms with van der Waals surface area (Å²) in [4.78, 5) is 19.4. The molecule has 0 fully saturated rings. The monoisotopic (exact) mass is 427 g/mol. The van der Waals surface area contributed by atoms with Crippen LogP contribution in [-0.2, 0) is 23.1 Å². The third kappa shape index (κ3) is 3.31. The van der Waals surface area contributed by atoms with Gasteiger partial charge in [0, 0.05) is 36.8 Å². The van der Waals surface area contributed by atoms with E-state index in [-0.39, 0.29) is 24.8 Å². The minimum absolute atomic E-state index is 0.176. The fraction of sp³-hybridized carbons (Fsp3) is 0.273. The first-order valence-electron chi connectivity index (χ1n) is 9.64. The molecule has 2 aromatic carbocycles. The first-order valence-corrected chi connectivity index (χ1v) is 11.5. The summed E-state index contributed by atoms with van der Waals surface area (Å²) < 4.78 is 39.7. The number of fused-ring (bicyclic) bond motifs is 2. The van der Waals surface area contributed by atoms with E-state index in [1.54, 1.807) is 36.2 Å². The van der Waals surface area contributed by atoms with Gasteiger partial charge in [-0.2, -0.15) is 0 Å². The van der Waals surface area contributed by atoms with Crippen molar-refractivity contribution in [3.63, 3.8) is 0 Å². The smallest absolute Gasteiger partial charge is 0.255 e. The van der Waals surface area contributed by atoms with Gasteiger partial charge < -0.3 is 4.90 Å². The van der Waals surface area contributed by atoms with Gasteiger partial charge >= 0.3 is 0 Å². The summed E-state index contributed by atoms with van der Waals surface area (Å²) in [5, 5.41) is 0.706. The van der Waals surface area contributed by atoms with Crippen molar-refractivity contribution in [2.45, 2.75) is 26.9 Å². The number of aromatic nitrogens is 1. The highest BCUT2D eigenvalue weighted by Crippen LogP contribution is 2.41. The van der Waals surface area contributed by atoms with Crippen LogP contribution in [0.15, 0.2) is 42.6 Å². The van der Waals surface area contributed by atoms with E-state index in [1.165, 1.54) is 16.4 Å². The van der Waals surface area contributed by atoms with Gasteiger partial charge in [0.05, 0.1) is 23.0 Å². The molecule has 3 aromatic rings. The lowest BCUT2D eigenvalue weighted by Crippen LogP contribution is -2.31. The molecule has 0 aliphatic carbocycles. The number of carbonyl (C=O) groups is 1. The Bertz CT molecular complexity index is 1260. The van der Waals surface area contributed by atoms with Gasteiger partial charge in [-0.1, -0.05) is 12.1 Å². The molecule has 1 amide bonds. The van der Waals surface area contributed by atoms with Crippen LogP contribution in [0.5, 0.6) is 0 Å². The van der Waals surface area contributed by atoms with E-state index in [2.05, 4.69) is 4.98 Å². The Labute approximate surface area is 175 Å². The van der Waals surface area contributed by atoms with Gasteiger partial charge in [0.15, 0.2) is 0 Å². The van der Waals surface area contributed by atoms with E-state index in [4.69, 9.17) is 0 Å². The Morgan fingerprint density at radius 3 is 2.53 bits per heavy atom. The van der Waals surface area contributed by atoms with Crippen molar-refractivity contribution in [1.82, 2.24) is 9.88 Å². The maximum atomic E-state index is 13.3. The Hall–Kier alpha value is -3.00. The van der Waals surface area contributed by atoms with Crippen LogP contribution in [-0.4, -0.2) is 37.0 Å². The fourth-order valence-corrected chi connectivity index (χ4v) is 5.18. The molecule has 0 atom stereocenters. The lowest BCUT2D eigenvalue weighted by molar-refractivity contribution is 0.0766. The first-order chi connectivity index (χ1) is 14.2. The van der Waals surface area contributed by atoms with Crippen molar-refractivity contribution >= 4 is 32.5 Å². The lowest BCUT2D eigenvalue weighted by atomic mass is 9.97. The van der Waals surface area contributed by atoms with Gasteiger partial charge in [-0.15, -0.1) is 0 Å². The zero-order valence-corrected chi connectivity index (χ0v) is 17.8. The van der Waals surface area contributed by atoms with Crippen molar-refractivity contribution in [3.8, 4) is 0 Å². The second-order valence-electron chi connectivity index (χ2n) is 7.44. The predicted octanol–water partition coefficient (Wildman–Crippen LogP) is 3.62. The molecule has 0 unspecified atom stereocenters. The van der Waals surface area contributed by atoms with E-state index in [0.717, 1.165) is 17.4 Å². The molecule has 2 heterocycles. The molecule has 6 nitrogen and oxygen atoms in total. The second-order valence-corrected chi connectivity index (χ2v) is 9.35. The third-order valence-corrected chi connectivity index (χ3v) is 6.70. The van der Waals surface area contributed by atoms with E-state index >= 15 is 0 Å². The number of aryl methyl sites for hydroxylation is 1. The average molecular weight is 428 g/mol. The Morgan fingerprint density at radius 1 is 1.20 bits per heavy atom. The van der Waals surface area contributed by atoms with Gasteiger partial charge in [-0.25, -0.2) is 12.8 Å². The summed E-state index contributed by atoms with van der Waals surface area (Å²) in [6, 6.07) is 9.62. The predicted molar refractivity (Wildman–Crippen MR) is 114 cm³/mol. The Morgan fingerprint density at radius 2 is 1.90 bits per heavy atom. The van der Waals surface area contributed by atoms with Gasteiger partial charge in [0.25, 0.3) is 5.91 Å². The van der Waals surface area contributed by atoms with Crippen molar-refractivity contribution < 1.29 is 17.6 Å². The molecular weight excluding hydrogens is 405 g/mol. The highest BCUT2D eigenvalue weighted by Gasteiger charge is 2.36. The van der Waals surface area contributed by atoms with Gasteiger partial charge in [0.1, 0.15) is 5.82 Å². The molecule has 0 saturated heterocycles. The number of halogens is 1. The van der Waals surface area contributed by atoms with E-state index < -0.39 is 10.0 Å². The van der Waals surface area contributed by atoms with Crippen molar-refractivity contribution in [2.24, 2.45) is 0 Å². The number of rotatable bonds is 5. The van der Waals surface area contributed by atoms with E-state index in [1.807, 2.05) is 13.0 Å². The van der Waals surface area contributed by atoms with E-state index in [9.17, 15) is 17.6 Å². The van der Waals surface area contributed by atoms with Crippen LogP contribution < -0.4 is 4.31 Å². The maximum Gasteiger partial charge on any atom is 0.255 e. The van der Waals surface area contributed by atoms with Gasteiger partial charge in [-0.3, -0.25) is 14.1 Å². The van der Waals surface area contributed by atoms with E-state index in [0.29, 0.717) is 34.3 Å². The topological polar surface area (TPSA) is 70.6 Å². The molecule has 156 valence electrons. The summed E-state index contributed by atoms with van der Waals surface area (Å²) in [7, 11) is -3.56. The summed E-state index contributed by atoms with van der Waals surface area (Å²) in [5.74, 6) is -0.512. The maximum absolute atomic E-state index is 13.3. The molecule has 0 bridgehead atoms. The zero-order valence-electron chi connectivity index (χ0n) is 17.0. The minimum atomic E-state index is -3.56. The number of pyridine rings is 1. The lowest BCUT2D eigenvalue weighted by Gasteiger charge is -2.25. The fourth-order valence-electron chi connectivity index (χ4n) is 4.17. The standard InChI is InChI=1S/C22H22FN3O3S/c1-4-26(30(3,28)29)21-17-6-5-11-24-20(17)14(2)19-18(21)13-25(22(19)27)12-15-7-9-16(23)10-8-15/h5-11H,4,12-13H2,1-3H3. The van der Waals surface area contributed by atoms with Crippen LogP contribution >= 0.6 is 0 Å². The van der Waals surface area contributed by atoms with Crippen molar-refractivity contribution in [3.05, 3.63) is 70.7 Å².